The lowest BCUT2D eigenvalue weighted by atomic mass is 10.0. The van der Waals surface area contributed by atoms with Crippen LogP contribution in [0.2, 0.25) is 0 Å². The molecule has 0 aromatic carbocycles. The summed E-state index contributed by atoms with van der Waals surface area (Å²) >= 11 is 0. The second-order valence-electron chi connectivity index (χ2n) is 7.56. The molecule has 0 bridgehead atoms. The Morgan fingerprint density at radius 1 is 1.24 bits per heavy atom. The van der Waals surface area contributed by atoms with Crippen LogP contribution in [-0.4, -0.2) is 54.6 Å². The van der Waals surface area contributed by atoms with Crippen molar-refractivity contribution in [1.82, 2.24) is 15.1 Å². The zero-order chi connectivity index (χ0) is 15.6. The van der Waals surface area contributed by atoms with Gasteiger partial charge >= 0.3 is 0 Å². The van der Waals surface area contributed by atoms with E-state index in [-0.39, 0.29) is 12.2 Å². The zero-order valence-electron chi connectivity index (χ0n) is 14.4. The van der Waals surface area contributed by atoms with Crippen LogP contribution in [0.4, 0.5) is 0 Å². The molecule has 21 heavy (non-hydrogen) atoms. The highest BCUT2D eigenvalue weighted by molar-refractivity contribution is 5.85. The summed E-state index contributed by atoms with van der Waals surface area (Å²) in [7, 11) is 4.20. The van der Waals surface area contributed by atoms with Crippen LogP contribution >= 0.6 is 0 Å². The summed E-state index contributed by atoms with van der Waals surface area (Å²) in [6.45, 7) is 7.55. The number of nitrogens with zero attached hydrogens (tertiary/aromatic N) is 2. The maximum atomic E-state index is 12.9. The number of nitrogens with one attached hydrogen (secondary N) is 1. The van der Waals surface area contributed by atoms with Gasteiger partial charge in [0.25, 0.3) is 0 Å². The van der Waals surface area contributed by atoms with Crippen molar-refractivity contribution in [2.75, 3.05) is 20.6 Å². The second kappa shape index (κ2) is 7.10. The van der Waals surface area contributed by atoms with Gasteiger partial charge in [-0.15, -0.1) is 0 Å². The summed E-state index contributed by atoms with van der Waals surface area (Å²) in [5.41, 5.74) is 0. The molecule has 1 aliphatic heterocycles. The number of amides is 1. The van der Waals surface area contributed by atoms with E-state index >= 15 is 0 Å². The van der Waals surface area contributed by atoms with E-state index < -0.39 is 0 Å². The molecule has 0 spiro atoms. The Kier molecular flexibility index (Phi) is 5.67. The highest BCUT2D eigenvalue weighted by Gasteiger charge is 2.45. The molecule has 1 aliphatic carbocycles. The highest BCUT2D eigenvalue weighted by Crippen LogP contribution is 2.34. The summed E-state index contributed by atoms with van der Waals surface area (Å²) in [6.07, 6.45) is 6.50. The maximum Gasteiger partial charge on any atom is 0.241 e. The van der Waals surface area contributed by atoms with Crippen LogP contribution in [0.15, 0.2) is 0 Å². The molecule has 122 valence electrons. The lowest BCUT2D eigenvalue weighted by Gasteiger charge is -2.34. The average Bonchev–Trinajstić information content (AvgIpc) is 3.02. The molecule has 1 N–H and O–H groups in total. The number of hydrogen-bond donors (Lipinski definition) is 1. The van der Waals surface area contributed by atoms with Gasteiger partial charge in [-0.25, -0.2) is 0 Å². The summed E-state index contributed by atoms with van der Waals surface area (Å²) in [5.74, 6) is 1.35. The Morgan fingerprint density at radius 2 is 1.86 bits per heavy atom. The molecule has 2 fully saturated rings. The summed E-state index contributed by atoms with van der Waals surface area (Å²) < 4.78 is 0. The van der Waals surface area contributed by atoms with Gasteiger partial charge in [-0.2, -0.15) is 0 Å². The summed E-state index contributed by atoms with van der Waals surface area (Å²) in [6, 6.07) is 0.333. The van der Waals surface area contributed by atoms with Gasteiger partial charge in [0, 0.05) is 6.04 Å². The molecule has 4 heteroatoms. The Balaban J connectivity index is 2.10. The second-order valence-corrected chi connectivity index (χ2v) is 7.56. The van der Waals surface area contributed by atoms with Crippen LogP contribution in [0.5, 0.6) is 0 Å². The standard InChI is InChI=1S/C17H33N3O/c1-12(2)15-17(21)20(13(3)10-11-19(4)5)16(18-15)14-8-6-7-9-14/h12-16,18H,6-11H2,1-5H3. The first-order chi connectivity index (χ1) is 9.91. The number of carbonyl (C=O) groups is 1. The molecule has 4 nitrogen and oxygen atoms in total. The van der Waals surface area contributed by atoms with Gasteiger partial charge in [-0.3, -0.25) is 10.1 Å². The molecule has 2 aliphatic rings. The largest absolute Gasteiger partial charge is 0.323 e. The third-order valence-electron chi connectivity index (χ3n) is 5.15. The maximum absolute atomic E-state index is 12.9. The monoisotopic (exact) mass is 295 g/mol. The molecular weight excluding hydrogens is 262 g/mol. The fraction of sp³-hybridized carbons (Fsp3) is 0.941. The Hall–Kier alpha value is -0.610. The van der Waals surface area contributed by atoms with Crippen molar-refractivity contribution in [3.8, 4) is 0 Å². The molecule has 1 heterocycles. The first kappa shape index (κ1) is 16.8. The third-order valence-corrected chi connectivity index (χ3v) is 5.15. The van der Waals surface area contributed by atoms with Crippen LogP contribution in [0.3, 0.4) is 0 Å². The molecular formula is C17H33N3O. The molecule has 3 atom stereocenters. The van der Waals surface area contributed by atoms with Crippen molar-refractivity contribution in [2.24, 2.45) is 11.8 Å². The fourth-order valence-corrected chi connectivity index (χ4v) is 3.82. The smallest absolute Gasteiger partial charge is 0.241 e. The quantitative estimate of drug-likeness (QED) is 0.817. The minimum Gasteiger partial charge on any atom is -0.323 e. The lowest BCUT2D eigenvalue weighted by Crippen LogP contribution is -2.47. The molecule has 2 rings (SSSR count). The zero-order valence-corrected chi connectivity index (χ0v) is 14.4. The molecule has 3 unspecified atom stereocenters. The van der Waals surface area contributed by atoms with Crippen molar-refractivity contribution in [3.63, 3.8) is 0 Å². The Labute approximate surface area is 130 Å². The van der Waals surface area contributed by atoms with Crippen molar-refractivity contribution in [3.05, 3.63) is 0 Å². The predicted molar refractivity (Wildman–Crippen MR) is 87.0 cm³/mol. The number of rotatable bonds is 6. The van der Waals surface area contributed by atoms with E-state index in [1.165, 1.54) is 25.7 Å². The summed E-state index contributed by atoms with van der Waals surface area (Å²) in [5, 5.41) is 3.66. The van der Waals surface area contributed by atoms with Gasteiger partial charge in [-0.05, 0) is 58.7 Å². The molecule has 0 radical (unpaired) electrons. The fourth-order valence-electron chi connectivity index (χ4n) is 3.82. The van der Waals surface area contributed by atoms with E-state index in [2.05, 4.69) is 50.0 Å². The van der Waals surface area contributed by atoms with Gasteiger partial charge in [0.15, 0.2) is 0 Å². The Bertz CT molecular complexity index is 350. The van der Waals surface area contributed by atoms with Crippen LogP contribution in [0, 0.1) is 11.8 Å². The van der Waals surface area contributed by atoms with E-state index in [4.69, 9.17) is 0 Å². The molecule has 1 saturated carbocycles. The minimum absolute atomic E-state index is 0.0115. The molecule has 0 aromatic rings. The number of hydrogen-bond acceptors (Lipinski definition) is 3. The summed E-state index contributed by atoms with van der Waals surface area (Å²) in [4.78, 5) is 17.2. The van der Waals surface area contributed by atoms with Crippen molar-refractivity contribution >= 4 is 5.91 Å². The van der Waals surface area contributed by atoms with E-state index in [0.29, 0.717) is 23.8 Å². The van der Waals surface area contributed by atoms with Crippen molar-refractivity contribution < 1.29 is 4.79 Å². The first-order valence-electron chi connectivity index (χ1n) is 8.64. The SMILES string of the molecule is CC(C)C1NC(C2CCCC2)N(C(C)CCN(C)C)C1=O. The normalized spacial score (nSPS) is 29.1. The van der Waals surface area contributed by atoms with Crippen LogP contribution in [-0.2, 0) is 4.79 Å². The van der Waals surface area contributed by atoms with Crippen molar-refractivity contribution in [2.45, 2.75) is 71.1 Å². The lowest BCUT2D eigenvalue weighted by molar-refractivity contribution is -0.133. The minimum atomic E-state index is 0.0115. The van der Waals surface area contributed by atoms with Crippen LogP contribution < -0.4 is 5.32 Å². The van der Waals surface area contributed by atoms with Gasteiger partial charge in [0.2, 0.25) is 5.91 Å². The predicted octanol–water partition coefficient (Wildman–Crippen LogP) is 2.30. The van der Waals surface area contributed by atoms with Gasteiger partial charge in [0.1, 0.15) is 0 Å². The number of carbonyl (C=O) groups excluding carboxylic acids is 1. The van der Waals surface area contributed by atoms with E-state index in [9.17, 15) is 4.79 Å². The average molecular weight is 295 g/mol. The topological polar surface area (TPSA) is 35.6 Å². The first-order valence-corrected chi connectivity index (χ1v) is 8.64. The van der Waals surface area contributed by atoms with Crippen LogP contribution in [0.25, 0.3) is 0 Å². The van der Waals surface area contributed by atoms with Gasteiger partial charge in [-0.1, -0.05) is 26.7 Å². The Morgan fingerprint density at radius 3 is 2.38 bits per heavy atom. The van der Waals surface area contributed by atoms with E-state index in [0.717, 1.165) is 13.0 Å². The van der Waals surface area contributed by atoms with Crippen LogP contribution in [0.1, 0.15) is 52.9 Å². The highest BCUT2D eigenvalue weighted by atomic mass is 16.2. The third kappa shape index (κ3) is 3.78. The van der Waals surface area contributed by atoms with Crippen molar-refractivity contribution in [1.29, 1.82) is 0 Å². The molecule has 1 saturated heterocycles. The molecule has 0 aromatic heterocycles. The van der Waals surface area contributed by atoms with E-state index in [1.54, 1.807) is 0 Å². The van der Waals surface area contributed by atoms with E-state index in [1.807, 2.05) is 0 Å². The van der Waals surface area contributed by atoms with Gasteiger partial charge < -0.3 is 9.80 Å². The van der Waals surface area contributed by atoms with Gasteiger partial charge in [0.05, 0.1) is 12.2 Å². The molecule has 1 amide bonds.